The lowest BCUT2D eigenvalue weighted by Crippen LogP contribution is -2.13. The van der Waals surface area contributed by atoms with Gasteiger partial charge in [0.25, 0.3) is 0 Å². The van der Waals surface area contributed by atoms with E-state index < -0.39 is 0 Å². The summed E-state index contributed by atoms with van der Waals surface area (Å²) in [5.74, 6) is 0.188. The van der Waals surface area contributed by atoms with Crippen LogP contribution in [0.4, 0.5) is 0 Å². The Morgan fingerprint density at radius 3 is 2.89 bits per heavy atom. The third kappa shape index (κ3) is 2.90. The van der Waals surface area contributed by atoms with Gasteiger partial charge in [0.15, 0.2) is 5.88 Å². The maximum absolute atomic E-state index is 9.82. The normalized spacial score (nSPS) is 11.9. The second kappa shape index (κ2) is 5.69. The van der Waals surface area contributed by atoms with E-state index in [9.17, 15) is 5.11 Å². The first kappa shape index (κ1) is 12.6. The average Bonchev–Trinajstić information content (AvgIpc) is 2.65. The third-order valence-corrected chi connectivity index (χ3v) is 2.84. The summed E-state index contributed by atoms with van der Waals surface area (Å²) in [6.45, 7) is 1.80. The van der Waals surface area contributed by atoms with Crippen LogP contribution in [0.15, 0.2) is 29.3 Å². The fourth-order valence-corrected chi connectivity index (χ4v) is 1.91. The molecular weight excluding hydrogens is 226 g/mol. The molecular formula is C14H19N3O. The number of para-hydroxylation sites is 1. The van der Waals surface area contributed by atoms with Crippen LogP contribution in [0, 0.1) is 0 Å². The summed E-state index contributed by atoms with van der Waals surface area (Å²) in [6, 6.07) is 7.82. The molecule has 1 heterocycles. The molecule has 4 heteroatoms. The van der Waals surface area contributed by atoms with Gasteiger partial charge in [0.1, 0.15) is 0 Å². The minimum atomic E-state index is 0.188. The molecule has 0 aliphatic heterocycles. The van der Waals surface area contributed by atoms with Gasteiger partial charge < -0.3 is 15.0 Å². The van der Waals surface area contributed by atoms with Crippen molar-refractivity contribution >= 4 is 17.1 Å². The van der Waals surface area contributed by atoms with E-state index in [2.05, 4.69) is 29.0 Å². The molecule has 0 spiro atoms. The van der Waals surface area contributed by atoms with E-state index in [0.29, 0.717) is 0 Å². The van der Waals surface area contributed by atoms with Crippen molar-refractivity contribution in [3.63, 3.8) is 0 Å². The summed E-state index contributed by atoms with van der Waals surface area (Å²) in [7, 11) is 4.10. The lowest BCUT2D eigenvalue weighted by molar-refractivity contribution is 0.403. The Kier molecular flexibility index (Phi) is 3.99. The summed E-state index contributed by atoms with van der Waals surface area (Å²) in [4.78, 5) is 9.44. The number of hydrogen-bond acceptors (Lipinski definition) is 3. The van der Waals surface area contributed by atoms with Gasteiger partial charge in [0.2, 0.25) is 0 Å². The molecule has 1 aromatic carbocycles. The Balaban J connectivity index is 2.07. The van der Waals surface area contributed by atoms with E-state index in [0.717, 1.165) is 36.0 Å². The molecule has 0 bridgehead atoms. The summed E-state index contributed by atoms with van der Waals surface area (Å²) in [5, 5.41) is 10.8. The van der Waals surface area contributed by atoms with Gasteiger partial charge in [-0.15, -0.1) is 0 Å². The van der Waals surface area contributed by atoms with Crippen LogP contribution in [0.1, 0.15) is 12.0 Å². The van der Waals surface area contributed by atoms with Crippen LogP contribution in [0.3, 0.4) is 0 Å². The van der Waals surface area contributed by atoms with Gasteiger partial charge in [-0.05, 0) is 33.1 Å². The van der Waals surface area contributed by atoms with Gasteiger partial charge >= 0.3 is 0 Å². The van der Waals surface area contributed by atoms with Gasteiger partial charge in [0.05, 0.1) is 5.56 Å². The number of hydrogen-bond donors (Lipinski definition) is 2. The van der Waals surface area contributed by atoms with Gasteiger partial charge in [-0.25, -0.2) is 0 Å². The van der Waals surface area contributed by atoms with Crippen molar-refractivity contribution in [3.8, 4) is 5.88 Å². The molecule has 2 N–H and O–H groups in total. The topological polar surface area (TPSA) is 51.6 Å². The molecule has 0 amide bonds. The SMILES string of the molecule is CN(C)CCCN=Cc1c(O)[nH]c2ccccc12. The first-order valence-corrected chi connectivity index (χ1v) is 6.12. The minimum absolute atomic E-state index is 0.188. The highest BCUT2D eigenvalue weighted by atomic mass is 16.3. The molecule has 96 valence electrons. The van der Waals surface area contributed by atoms with Crippen LogP contribution in [-0.2, 0) is 0 Å². The molecule has 0 saturated carbocycles. The molecule has 0 aliphatic carbocycles. The van der Waals surface area contributed by atoms with Crippen LogP contribution in [0.25, 0.3) is 10.9 Å². The molecule has 0 fully saturated rings. The van der Waals surface area contributed by atoms with Crippen molar-refractivity contribution < 1.29 is 5.11 Å². The zero-order chi connectivity index (χ0) is 13.0. The standard InChI is InChI=1S/C14H19N3O/c1-17(2)9-5-8-15-10-12-11-6-3-4-7-13(11)16-14(12)18/h3-4,6-7,10,16,18H,5,8-9H2,1-2H3. The Labute approximate surface area is 107 Å². The predicted octanol–water partition coefficient (Wildman–Crippen LogP) is 2.24. The molecule has 2 aromatic rings. The van der Waals surface area contributed by atoms with Crippen molar-refractivity contribution in [1.29, 1.82) is 0 Å². The Morgan fingerprint density at radius 1 is 1.33 bits per heavy atom. The number of benzene rings is 1. The average molecular weight is 245 g/mol. The minimum Gasteiger partial charge on any atom is -0.494 e. The quantitative estimate of drug-likeness (QED) is 0.627. The Bertz CT molecular complexity index is 543. The number of nitrogens with zero attached hydrogens (tertiary/aromatic N) is 2. The second-order valence-electron chi connectivity index (χ2n) is 4.62. The summed E-state index contributed by atoms with van der Waals surface area (Å²) in [5.41, 5.74) is 1.71. The second-order valence-corrected chi connectivity index (χ2v) is 4.62. The highest BCUT2D eigenvalue weighted by Crippen LogP contribution is 2.24. The van der Waals surface area contributed by atoms with E-state index in [1.807, 2.05) is 24.3 Å². The predicted molar refractivity (Wildman–Crippen MR) is 75.6 cm³/mol. The summed E-state index contributed by atoms with van der Waals surface area (Å²) >= 11 is 0. The smallest absolute Gasteiger partial charge is 0.198 e. The summed E-state index contributed by atoms with van der Waals surface area (Å²) in [6.07, 6.45) is 2.77. The number of aliphatic imine (C=N–C) groups is 1. The Morgan fingerprint density at radius 2 is 2.11 bits per heavy atom. The van der Waals surface area contributed by atoms with E-state index in [-0.39, 0.29) is 5.88 Å². The van der Waals surface area contributed by atoms with E-state index >= 15 is 0 Å². The number of H-pyrrole nitrogens is 1. The largest absolute Gasteiger partial charge is 0.494 e. The number of aromatic amines is 1. The van der Waals surface area contributed by atoms with Crippen LogP contribution in [-0.4, -0.2) is 48.4 Å². The fraction of sp³-hybridized carbons (Fsp3) is 0.357. The van der Waals surface area contributed by atoms with Crippen molar-refractivity contribution in [2.75, 3.05) is 27.2 Å². The maximum atomic E-state index is 9.82. The van der Waals surface area contributed by atoms with Gasteiger partial charge in [-0.3, -0.25) is 4.99 Å². The number of nitrogens with one attached hydrogen (secondary N) is 1. The first-order chi connectivity index (χ1) is 8.68. The lowest BCUT2D eigenvalue weighted by atomic mass is 10.2. The van der Waals surface area contributed by atoms with Gasteiger partial charge in [-0.1, -0.05) is 18.2 Å². The number of aromatic hydroxyl groups is 1. The monoisotopic (exact) mass is 245 g/mol. The van der Waals surface area contributed by atoms with Crippen molar-refractivity contribution in [2.24, 2.45) is 4.99 Å². The lowest BCUT2D eigenvalue weighted by Gasteiger charge is -2.06. The van der Waals surface area contributed by atoms with Crippen molar-refractivity contribution in [3.05, 3.63) is 29.8 Å². The number of aromatic nitrogens is 1. The molecule has 0 saturated heterocycles. The Hall–Kier alpha value is -1.81. The zero-order valence-electron chi connectivity index (χ0n) is 10.8. The number of rotatable bonds is 5. The van der Waals surface area contributed by atoms with Crippen LogP contribution in [0.2, 0.25) is 0 Å². The van der Waals surface area contributed by atoms with Crippen LogP contribution in [0.5, 0.6) is 5.88 Å². The molecule has 2 rings (SSSR count). The van der Waals surface area contributed by atoms with Crippen LogP contribution >= 0.6 is 0 Å². The maximum Gasteiger partial charge on any atom is 0.198 e. The van der Waals surface area contributed by atoms with Crippen molar-refractivity contribution in [1.82, 2.24) is 9.88 Å². The molecule has 1 aromatic heterocycles. The molecule has 0 unspecified atom stereocenters. The molecule has 0 atom stereocenters. The summed E-state index contributed by atoms with van der Waals surface area (Å²) < 4.78 is 0. The molecule has 0 radical (unpaired) electrons. The molecule has 4 nitrogen and oxygen atoms in total. The molecule has 18 heavy (non-hydrogen) atoms. The third-order valence-electron chi connectivity index (χ3n) is 2.84. The van der Waals surface area contributed by atoms with Gasteiger partial charge in [0, 0.05) is 23.7 Å². The fourth-order valence-electron chi connectivity index (χ4n) is 1.91. The highest BCUT2D eigenvalue weighted by molar-refractivity contribution is 6.01. The van der Waals surface area contributed by atoms with Crippen molar-refractivity contribution in [2.45, 2.75) is 6.42 Å². The van der Waals surface area contributed by atoms with E-state index in [1.54, 1.807) is 6.21 Å². The van der Waals surface area contributed by atoms with E-state index in [1.165, 1.54) is 0 Å². The highest BCUT2D eigenvalue weighted by Gasteiger charge is 2.07. The first-order valence-electron chi connectivity index (χ1n) is 6.12. The van der Waals surface area contributed by atoms with Crippen LogP contribution < -0.4 is 0 Å². The molecule has 0 aliphatic rings. The van der Waals surface area contributed by atoms with E-state index in [4.69, 9.17) is 0 Å². The number of fused-ring (bicyclic) bond motifs is 1. The van der Waals surface area contributed by atoms with Gasteiger partial charge in [-0.2, -0.15) is 0 Å². The zero-order valence-corrected chi connectivity index (χ0v) is 10.8.